The molecule has 14 heteroatoms. The van der Waals surface area contributed by atoms with Crippen LogP contribution in [0.25, 0.3) is 0 Å². The molecule has 1 heterocycles. The molecule has 0 fully saturated rings. The minimum atomic E-state index is -4.29. The van der Waals surface area contributed by atoms with Gasteiger partial charge in [0.2, 0.25) is 5.91 Å². The SMILES string of the molecule is CC(CC(=O)NCCS(=O)(=O)O)Oc1no[n+]([O-])c1S(=O)(=O)c1ccccc1. The third kappa shape index (κ3) is 5.64. The van der Waals surface area contributed by atoms with E-state index in [4.69, 9.17) is 9.29 Å². The van der Waals surface area contributed by atoms with Crippen LogP contribution in [0.4, 0.5) is 0 Å². The highest BCUT2D eigenvalue weighted by atomic mass is 32.2. The lowest BCUT2D eigenvalue weighted by Crippen LogP contribution is -2.33. The van der Waals surface area contributed by atoms with Crippen molar-refractivity contribution in [3.8, 4) is 5.88 Å². The standard InChI is InChI=1S/C14H17N3O9S2/c1-10(9-12(18)15-7-8-27(20,21)22)25-13-14(17(19)26-16-13)28(23,24)11-5-3-2-4-6-11/h2-6,10H,7-9H2,1H3,(H,15,18)(H,20,21,22). The van der Waals surface area contributed by atoms with Crippen LogP contribution in [0.5, 0.6) is 5.88 Å². The zero-order valence-corrected chi connectivity index (χ0v) is 16.1. The van der Waals surface area contributed by atoms with Gasteiger partial charge in [0, 0.05) is 6.54 Å². The van der Waals surface area contributed by atoms with Gasteiger partial charge >= 0.3 is 10.9 Å². The normalized spacial score (nSPS) is 13.1. The fraction of sp³-hybridized carbons (Fsp3) is 0.357. The molecule has 1 atom stereocenters. The number of sulfone groups is 1. The summed E-state index contributed by atoms with van der Waals surface area (Å²) in [6, 6.07) is 7.08. The predicted molar refractivity (Wildman–Crippen MR) is 91.5 cm³/mol. The summed E-state index contributed by atoms with van der Waals surface area (Å²) in [5.41, 5.74) is 0. The second kappa shape index (κ2) is 8.53. The molecule has 0 saturated heterocycles. The van der Waals surface area contributed by atoms with Gasteiger partial charge in [0.1, 0.15) is 6.10 Å². The van der Waals surface area contributed by atoms with Gasteiger partial charge in [-0.25, -0.2) is 8.42 Å². The smallest absolute Gasteiger partial charge is 0.415 e. The number of amides is 1. The summed E-state index contributed by atoms with van der Waals surface area (Å²) in [4.78, 5) is 11.3. The Kier molecular flexibility index (Phi) is 6.58. The minimum Gasteiger partial charge on any atom is -0.451 e. The lowest BCUT2D eigenvalue weighted by atomic mass is 10.2. The summed E-state index contributed by atoms with van der Waals surface area (Å²) >= 11 is 0. The van der Waals surface area contributed by atoms with Crippen molar-refractivity contribution in [1.29, 1.82) is 0 Å². The Labute approximate surface area is 160 Å². The van der Waals surface area contributed by atoms with E-state index in [1.54, 1.807) is 6.07 Å². The van der Waals surface area contributed by atoms with Gasteiger partial charge in [0.05, 0.1) is 22.2 Å². The van der Waals surface area contributed by atoms with Crippen LogP contribution in [0.15, 0.2) is 44.9 Å². The van der Waals surface area contributed by atoms with E-state index >= 15 is 0 Å². The van der Waals surface area contributed by atoms with Crippen molar-refractivity contribution < 1.29 is 40.5 Å². The average Bonchev–Trinajstić information content (AvgIpc) is 2.95. The number of aromatic nitrogens is 2. The van der Waals surface area contributed by atoms with Crippen LogP contribution in [0.3, 0.4) is 0 Å². The fourth-order valence-corrected chi connectivity index (χ4v) is 3.75. The monoisotopic (exact) mass is 435 g/mol. The Morgan fingerprint density at radius 2 is 1.96 bits per heavy atom. The van der Waals surface area contributed by atoms with Gasteiger partial charge in [-0.15, -0.1) is 0 Å². The molecule has 0 aliphatic carbocycles. The Hall–Kier alpha value is -2.71. The first-order valence-corrected chi connectivity index (χ1v) is 10.9. The average molecular weight is 435 g/mol. The Balaban J connectivity index is 2.08. The van der Waals surface area contributed by atoms with E-state index in [0.717, 1.165) is 0 Å². The van der Waals surface area contributed by atoms with E-state index in [0.29, 0.717) is 0 Å². The van der Waals surface area contributed by atoms with E-state index in [2.05, 4.69) is 15.1 Å². The van der Waals surface area contributed by atoms with Crippen LogP contribution < -0.4 is 15.0 Å². The summed E-state index contributed by atoms with van der Waals surface area (Å²) < 4.78 is 64.6. The number of nitrogens with zero attached hydrogens (tertiary/aromatic N) is 2. The van der Waals surface area contributed by atoms with Crippen molar-refractivity contribution in [2.45, 2.75) is 29.4 Å². The molecule has 1 aromatic carbocycles. The van der Waals surface area contributed by atoms with Crippen LogP contribution in [0.2, 0.25) is 0 Å². The van der Waals surface area contributed by atoms with E-state index in [1.807, 2.05) is 0 Å². The molecule has 0 bridgehead atoms. The van der Waals surface area contributed by atoms with E-state index in [9.17, 15) is 26.8 Å². The maximum Gasteiger partial charge on any atom is 0.415 e. The molecule has 1 unspecified atom stereocenters. The van der Waals surface area contributed by atoms with Gasteiger partial charge in [-0.05, 0) is 24.0 Å². The van der Waals surface area contributed by atoms with Gasteiger partial charge in [-0.3, -0.25) is 14.0 Å². The summed E-state index contributed by atoms with van der Waals surface area (Å²) in [6.07, 6.45) is -1.23. The van der Waals surface area contributed by atoms with Gasteiger partial charge < -0.3 is 15.3 Å². The number of hydrogen-bond acceptors (Lipinski definition) is 9. The predicted octanol–water partition coefficient (Wildman–Crippen LogP) is -0.698. The van der Waals surface area contributed by atoms with Crippen molar-refractivity contribution in [2.75, 3.05) is 12.3 Å². The van der Waals surface area contributed by atoms with E-state index in [-0.39, 0.29) is 22.8 Å². The molecule has 28 heavy (non-hydrogen) atoms. The van der Waals surface area contributed by atoms with Crippen molar-refractivity contribution in [3.63, 3.8) is 0 Å². The number of ether oxygens (including phenoxy) is 1. The van der Waals surface area contributed by atoms with Gasteiger partial charge in [-0.2, -0.15) is 8.42 Å². The molecular formula is C14H17N3O9S2. The molecule has 2 N–H and O–H groups in total. The van der Waals surface area contributed by atoms with Crippen molar-refractivity contribution in [1.82, 2.24) is 10.5 Å². The summed E-state index contributed by atoms with van der Waals surface area (Å²) in [6.45, 7) is 1.09. The molecule has 0 aliphatic heterocycles. The van der Waals surface area contributed by atoms with Crippen molar-refractivity contribution >= 4 is 25.9 Å². The minimum absolute atomic E-state index is 0.178. The Bertz CT molecular complexity index is 1030. The molecule has 2 aromatic rings. The number of hydrogen-bond donors (Lipinski definition) is 2. The Morgan fingerprint density at radius 3 is 2.57 bits per heavy atom. The van der Waals surface area contributed by atoms with Gasteiger partial charge in [0.25, 0.3) is 20.0 Å². The summed E-state index contributed by atoms with van der Waals surface area (Å²) in [5, 5.41) is 16.4. The summed E-state index contributed by atoms with van der Waals surface area (Å²) in [7, 11) is -8.50. The van der Waals surface area contributed by atoms with E-state index < -0.39 is 48.6 Å². The molecule has 0 spiro atoms. The molecule has 12 nitrogen and oxygen atoms in total. The second-order valence-electron chi connectivity index (χ2n) is 5.63. The topological polar surface area (TPSA) is 180 Å². The van der Waals surface area contributed by atoms with Crippen molar-refractivity contribution in [3.05, 3.63) is 35.5 Å². The third-order valence-electron chi connectivity index (χ3n) is 3.32. The lowest BCUT2D eigenvalue weighted by molar-refractivity contribution is -0.832. The van der Waals surface area contributed by atoms with Gasteiger partial charge in [-0.1, -0.05) is 18.2 Å². The molecule has 2 rings (SSSR count). The molecule has 1 aromatic heterocycles. The number of carbonyl (C=O) groups excluding carboxylic acids is 1. The third-order valence-corrected chi connectivity index (χ3v) is 5.77. The second-order valence-corrected chi connectivity index (χ2v) is 9.06. The first-order chi connectivity index (χ1) is 13.0. The van der Waals surface area contributed by atoms with Gasteiger partial charge in [0.15, 0.2) is 0 Å². The zero-order chi connectivity index (χ0) is 20.9. The fourth-order valence-electron chi connectivity index (χ4n) is 2.11. The molecule has 1 amide bonds. The highest BCUT2D eigenvalue weighted by Gasteiger charge is 2.36. The number of carbonyl (C=O) groups is 1. The Morgan fingerprint density at radius 1 is 1.32 bits per heavy atom. The zero-order valence-electron chi connectivity index (χ0n) is 14.5. The van der Waals surface area contributed by atoms with Crippen LogP contribution >= 0.6 is 0 Å². The highest BCUT2D eigenvalue weighted by Crippen LogP contribution is 2.25. The van der Waals surface area contributed by atoms with Crippen LogP contribution in [-0.2, 0) is 24.7 Å². The lowest BCUT2D eigenvalue weighted by Gasteiger charge is -2.11. The van der Waals surface area contributed by atoms with Crippen molar-refractivity contribution in [2.24, 2.45) is 0 Å². The number of nitrogens with one attached hydrogen (secondary N) is 1. The van der Waals surface area contributed by atoms with Crippen LogP contribution in [0, 0.1) is 5.21 Å². The molecule has 0 radical (unpaired) electrons. The molecule has 154 valence electrons. The highest BCUT2D eigenvalue weighted by molar-refractivity contribution is 7.91. The maximum atomic E-state index is 12.6. The largest absolute Gasteiger partial charge is 0.451 e. The summed E-state index contributed by atoms with van der Waals surface area (Å²) in [5.74, 6) is -1.90. The van der Waals surface area contributed by atoms with E-state index in [1.165, 1.54) is 31.2 Å². The van der Waals surface area contributed by atoms with Crippen LogP contribution in [0.1, 0.15) is 13.3 Å². The van der Waals surface area contributed by atoms with Crippen LogP contribution in [-0.4, -0.2) is 50.9 Å². The molecular weight excluding hydrogens is 418 g/mol. The quantitative estimate of drug-likeness (QED) is 0.378. The first-order valence-electron chi connectivity index (χ1n) is 7.79. The number of rotatable bonds is 9. The maximum absolute atomic E-state index is 12.6. The first kappa shape index (κ1) is 21.6. The number of benzene rings is 1. The molecule has 0 saturated carbocycles. The molecule has 0 aliphatic rings.